The Balaban J connectivity index is 2.55. The van der Waals surface area contributed by atoms with E-state index in [0.29, 0.717) is 25.3 Å². The van der Waals surface area contributed by atoms with Gasteiger partial charge >= 0.3 is 0 Å². The third-order valence-electron chi connectivity index (χ3n) is 2.42. The number of carbonyl (C=O) groups excluding carboxylic acids is 1. The Hall–Kier alpha value is -1.90. The minimum atomic E-state index is -0.230. The molecule has 0 aliphatic carbocycles. The summed E-state index contributed by atoms with van der Waals surface area (Å²) in [7, 11) is 0. The Labute approximate surface area is 119 Å². The highest BCUT2D eigenvalue weighted by Crippen LogP contribution is 2.00. The lowest BCUT2D eigenvalue weighted by Crippen LogP contribution is -2.36. The fraction of sp³-hybridized carbons (Fsp3) is 0.467. The molecule has 5 heteroatoms. The van der Waals surface area contributed by atoms with Crippen molar-refractivity contribution in [3.05, 3.63) is 29.6 Å². The molecule has 1 heterocycles. The van der Waals surface area contributed by atoms with Crippen molar-refractivity contribution in [3.8, 4) is 11.8 Å². The largest absolute Gasteiger partial charge is 0.395 e. The molecule has 1 aromatic rings. The summed E-state index contributed by atoms with van der Waals surface area (Å²) in [5, 5.41) is 11.4. The SMILES string of the molecule is CCOCC(C)NC(=O)c1ccc(C#CCCO)cn1. The summed E-state index contributed by atoms with van der Waals surface area (Å²) in [4.78, 5) is 16.0. The van der Waals surface area contributed by atoms with Gasteiger partial charge in [0.25, 0.3) is 5.91 Å². The first-order valence-corrected chi connectivity index (χ1v) is 6.61. The zero-order valence-electron chi connectivity index (χ0n) is 11.8. The molecule has 0 spiro atoms. The molecule has 0 aromatic carbocycles. The number of ether oxygens (including phenoxy) is 1. The molecule has 20 heavy (non-hydrogen) atoms. The number of nitrogens with zero attached hydrogens (tertiary/aromatic N) is 1. The number of pyridine rings is 1. The average Bonchev–Trinajstić information content (AvgIpc) is 2.46. The molecule has 5 nitrogen and oxygen atoms in total. The van der Waals surface area contributed by atoms with Gasteiger partial charge in [-0.25, -0.2) is 4.98 Å². The van der Waals surface area contributed by atoms with Crippen molar-refractivity contribution in [2.75, 3.05) is 19.8 Å². The molecule has 0 aliphatic rings. The maximum Gasteiger partial charge on any atom is 0.270 e. The van der Waals surface area contributed by atoms with E-state index < -0.39 is 0 Å². The van der Waals surface area contributed by atoms with Crippen molar-refractivity contribution in [2.45, 2.75) is 26.3 Å². The smallest absolute Gasteiger partial charge is 0.270 e. The molecule has 0 radical (unpaired) electrons. The number of aromatic nitrogens is 1. The van der Waals surface area contributed by atoms with Gasteiger partial charge in [-0.1, -0.05) is 11.8 Å². The van der Waals surface area contributed by atoms with E-state index in [0.717, 1.165) is 5.56 Å². The molecule has 0 saturated heterocycles. The second-order valence-electron chi connectivity index (χ2n) is 4.24. The molecular formula is C15H20N2O3. The van der Waals surface area contributed by atoms with E-state index in [4.69, 9.17) is 9.84 Å². The predicted molar refractivity (Wildman–Crippen MR) is 76.2 cm³/mol. The van der Waals surface area contributed by atoms with Crippen molar-refractivity contribution in [3.63, 3.8) is 0 Å². The molecule has 1 unspecified atom stereocenters. The Morgan fingerprint density at radius 3 is 2.95 bits per heavy atom. The van der Waals surface area contributed by atoms with Crippen molar-refractivity contribution in [1.29, 1.82) is 0 Å². The first-order valence-electron chi connectivity index (χ1n) is 6.61. The summed E-state index contributed by atoms with van der Waals surface area (Å²) in [6.45, 7) is 4.93. The third kappa shape index (κ3) is 5.83. The van der Waals surface area contributed by atoms with Crippen LogP contribution < -0.4 is 5.32 Å². The van der Waals surface area contributed by atoms with Gasteiger partial charge in [0.1, 0.15) is 5.69 Å². The van der Waals surface area contributed by atoms with Crippen molar-refractivity contribution < 1.29 is 14.6 Å². The standard InChI is InChI=1S/C15H20N2O3/c1-3-20-11-12(2)17-15(19)14-8-7-13(10-16-14)6-4-5-9-18/h7-8,10,12,18H,3,5,9,11H2,1-2H3,(H,17,19). The van der Waals surface area contributed by atoms with Crippen LogP contribution >= 0.6 is 0 Å². The van der Waals surface area contributed by atoms with Crippen LogP contribution in [-0.2, 0) is 4.74 Å². The Bertz CT molecular complexity index is 474. The highest BCUT2D eigenvalue weighted by Gasteiger charge is 2.10. The number of nitrogens with one attached hydrogen (secondary N) is 1. The summed E-state index contributed by atoms with van der Waals surface area (Å²) in [6.07, 6.45) is 1.98. The summed E-state index contributed by atoms with van der Waals surface area (Å²) < 4.78 is 5.23. The molecule has 1 atom stereocenters. The molecule has 0 fully saturated rings. The summed E-state index contributed by atoms with van der Waals surface area (Å²) in [5.41, 5.74) is 1.07. The highest BCUT2D eigenvalue weighted by molar-refractivity contribution is 5.92. The van der Waals surface area contributed by atoms with E-state index in [1.807, 2.05) is 13.8 Å². The normalized spacial score (nSPS) is 11.3. The van der Waals surface area contributed by atoms with Gasteiger partial charge in [-0.3, -0.25) is 4.79 Å². The Morgan fingerprint density at radius 2 is 2.35 bits per heavy atom. The van der Waals surface area contributed by atoms with Gasteiger partial charge in [0.2, 0.25) is 0 Å². The number of aliphatic hydroxyl groups is 1. The number of aliphatic hydroxyl groups excluding tert-OH is 1. The monoisotopic (exact) mass is 276 g/mol. The third-order valence-corrected chi connectivity index (χ3v) is 2.42. The van der Waals surface area contributed by atoms with Gasteiger partial charge in [-0.2, -0.15) is 0 Å². The molecule has 0 saturated carbocycles. The average molecular weight is 276 g/mol. The summed E-state index contributed by atoms with van der Waals surface area (Å²) >= 11 is 0. The zero-order chi connectivity index (χ0) is 14.8. The van der Waals surface area contributed by atoms with Crippen LogP contribution in [0.4, 0.5) is 0 Å². The van der Waals surface area contributed by atoms with Crippen LogP contribution in [0.1, 0.15) is 36.3 Å². The van der Waals surface area contributed by atoms with Crippen LogP contribution in [0.15, 0.2) is 18.3 Å². The highest BCUT2D eigenvalue weighted by atomic mass is 16.5. The molecule has 108 valence electrons. The maximum absolute atomic E-state index is 11.9. The quantitative estimate of drug-likeness (QED) is 0.760. The van der Waals surface area contributed by atoms with E-state index in [1.165, 1.54) is 0 Å². The molecule has 1 rings (SSSR count). The van der Waals surface area contributed by atoms with E-state index in [2.05, 4.69) is 22.1 Å². The number of carbonyl (C=O) groups is 1. The lowest BCUT2D eigenvalue weighted by Gasteiger charge is -2.13. The van der Waals surface area contributed by atoms with Gasteiger partial charge in [-0.15, -0.1) is 0 Å². The molecule has 1 amide bonds. The van der Waals surface area contributed by atoms with E-state index >= 15 is 0 Å². The molecule has 0 bridgehead atoms. The van der Waals surface area contributed by atoms with Crippen LogP contribution in [0, 0.1) is 11.8 Å². The minimum Gasteiger partial charge on any atom is -0.395 e. The fourth-order valence-electron chi connectivity index (χ4n) is 1.46. The predicted octanol–water partition coefficient (Wildman–Crippen LogP) is 0.970. The van der Waals surface area contributed by atoms with E-state index in [1.54, 1.807) is 18.3 Å². The van der Waals surface area contributed by atoms with Crippen molar-refractivity contribution in [2.24, 2.45) is 0 Å². The first-order chi connectivity index (χ1) is 9.67. The van der Waals surface area contributed by atoms with Crippen molar-refractivity contribution >= 4 is 5.91 Å². The van der Waals surface area contributed by atoms with Gasteiger partial charge in [0.15, 0.2) is 0 Å². The first kappa shape index (κ1) is 16.2. The number of amides is 1. The van der Waals surface area contributed by atoms with Crippen molar-refractivity contribution in [1.82, 2.24) is 10.3 Å². The van der Waals surface area contributed by atoms with Crippen LogP contribution in [-0.4, -0.2) is 41.9 Å². The summed E-state index contributed by atoms with van der Waals surface area (Å²) in [5.74, 6) is 5.42. The lowest BCUT2D eigenvalue weighted by molar-refractivity contribution is 0.0867. The molecule has 1 aromatic heterocycles. The van der Waals surface area contributed by atoms with Gasteiger partial charge in [0, 0.05) is 30.8 Å². The maximum atomic E-state index is 11.9. The Kier molecular flexibility index (Phi) is 7.33. The molecular weight excluding hydrogens is 256 g/mol. The number of hydrogen-bond donors (Lipinski definition) is 2. The Morgan fingerprint density at radius 1 is 1.55 bits per heavy atom. The summed E-state index contributed by atoms with van der Waals surface area (Å²) in [6, 6.07) is 3.30. The van der Waals surface area contributed by atoms with Gasteiger partial charge < -0.3 is 15.2 Å². The molecule has 2 N–H and O–H groups in total. The van der Waals surface area contributed by atoms with E-state index in [-0.39, 0.29) is 18.6 Å². The van der Waals surface area contributed by atoms with Gasteiger partial charge in [-0.05, 0) is 26.0 Å². The van der Waals surface area contributed by atoms with Crippen LogP contribution in [0.2, 0.25) is 0 Å². The number of hydrogen-bond acceptors (Lipinski definition) is 4. The second kappa shape index (κ2) is 9.08. The lowest BCUT2D eigenvalue weighted by atomic mass is 10.2. The van der Waals surface area contributed by atoms with Crippen LogP contribution in [0.25, 0.3) is 0 Å². The van der Waals surface area contributed by atoms with Crippen LogP contribution in [0.3, 0.4) is 0 Å². The molecule has 0 aliphatic heterocycles. The minimum absolute atomic E-state index is 0.0403. The fourth-order valence-corrected chi connectivity index (χ4v) is 1.46. The van der Waals surface area contributed by atoms with E-state index in [9.17, 15) is 4.79 Å². The topological polar surface area (TPSA) is 71.5 Å². The van der Waals surface area contributed by atoms with Gasteiger partial charge in [0.05, 0.1) is 13.2 Å². The zero-order valence-corrected chi connectivity index (χ0v) is 11.8. The number of rotatable bonds is 6. The second-order valence-corrected chi connectivity index (χ2v) is 4.24. The van der Waals surface area contributed by atoms with Crippen LogP contribution in [0.5, 0.6) is 0 Å².